The lowest BCUT2D eigenvalue weighted by Gasteiger charge is -2.10. The molecule has 0 atom stereocenters. The number of hydrogen-bond acceptors (Lipinski definition) is 6. The molecule has 3 aromatic rings. The largest absolute Gasteiger partial charge is 0.451 e. The van der Waals surface area contributed by atoms with E-state index in [1.54, 1.807) is 25.1 Å². The Hall–Kier alpha value is -1.52. The Bertz CT molecular complexity index is 1040. The smallest absolute Gasteiger partial charge is 0.344 e. The number of rotatable bonds is 4. The van der Waals surface area contributed by atoms with Gasteiger partial charge in [-0.2, -0.15) is 0 Å². The summed E-state index contributed by atoms with van der Waals surface area (Å²) in [7, 11) is 0. The number of halogens is 2. The van der Waals surface area contributed by atoms with E-state index in [0.717, 1.165) is 5.56 Å². The Balaban J connectivity index is 2.07. The summed E-state index contributed by atoms with van der Waals surface area (Å²) in [6, 6.07) is 8.74. The quantitative estimate of drug-likeness (QED) is 0.142. The molecule has 1 heterocycles. The van der Waals surface area contributed by atoms with E-state index in [4.69, 9.17) is 13.9 Å². The molecule has 0 saturated carbocycles. The van der Waals surface area contributed by atoms with Gasteiger partial charge in [-0.15, -0.1) is 12.6 Å². The lowest BCUT2D eigenvalue weighted by molar-refractivity contribution is 0.0585. The summed E-state index contributed by atoms with van der Waals surface area (Å²) >= 11 is 9.62. The highest BCUT2D eigenvalue weighted by Gasteiger charge is 2.26. The highest BCUT2D eigenvalue weighted by atomic mass is 127. The van der Waals surface area contributed by atoms with E-state index >= 15 is 0 Å². The van der Waals surface area contributed by atoms with Crippen molar-refractivity contribution < 1.29 is 23.5 Å². The molecule has 5 nitrogen and oxygen atoms in total. The number of carbonyl (C=O) groups excluding carboxylic acids is 2. The molecule has 0 fully saturated rings. The number of carbonyl (C=O) groups is 2. The summed E-state index contributed by atoms with van der Waals surface area (Å²) in [4.78, 5) is 24.8. The summed E-state index contributed by atoms with van der Waals surface area (Å²) in [6.45, 7) is 3.73. The van der Waals surface area contributed by atoms with E-state index in [2.05, 4.69) is 28.6 Å². The van der Waals surface area contributed by atoms with E-state index in [1.165, 1.54) is 0 Å². The lowest BCUT2D eigenvalue weighted by atomic mass is 10.1. The van der Waals surface area contributed by atoms with Crippen LogP contribution in [0.3, 0.4) is 0 Å². The van der Waals surface area contributed by atoms with Crippen LogP contribution in [0.15, 0.2) is 44.3 Å². The van der Waals surface area contributed by atoms with Crippen LogP contribution >= 0.6 is 51.1 Å². The summed E-state index contributed by atoms with van der Waals surface area (Å²) < 4.78 is 16.9. The number of thiol groups is 1. The van der Waals surface area contributed by atoms with Crippen LogP contribution in [0.5, 0.6) is 5.75 Å². The first kappa shape index (κ1) is 20.2. The molecule has 1 aromatic heterocycles. The average molecular weight is 561 g/mol. The van der Waals surface area contributed by atoms with Crippen molar-refractivity contribution in [2.45, 2.75) is 18.9 Å². The van der Waals surface area contributed by atoms with Crippen LogP contribution in [0.1, 0.15) is 31.8 Å². The van der Waals surface area contributed by atoms with Gasteiger partial charge in [0.2, 0.25) is 0 Å². The highest BCUT2D eigenvalue weighted by molar-refractivity contribution is 14.1. The molecule has 0 bridgehead atoms. The van der Waals surface area contributed by atoms with Crippen molar-refractivity contribution in [1.29, 1.82) is 0 Å². The van der Waals surface area contributed by atoms with E-state index in [1.807, 2.05) is 41.6 Å². The molecule has 2 aromatic carbocycles. The fourth-order valence-corrected chi connectivity index (χ4v) is 3.74. The van der Waals surface area contributed by atoms with Gasteiger partial charge >= 0.3 is 11.9 Å². The van der Waals surface area contributed by atoms with Gasteiger partial charge in [0.25, 0.3) is 0 Å². The number of ether oxygens (including phenoxy) is 2. The first-order chi connectivity index (χ1) is 12.8. The SMILES string of the molecule is Cc1ccc(C(=O)Oc2cc(C)c3oc(S)c(C(=O)OCI)c3c2Br)cc1. The van der Waals surface area contributed by atoms with Gasteiger partial charge in [0.1, 0.15) is 21.5 Å². The summed E-state index contributed by atoms with van der Waals surface area (Å²) in [6.07, 6.45) is 0. The van der Waals surface area contributed by atoms with Crippen molar-refractivity contribution in [2.24, 2.45) is 0 Å². The Morgan fingerprint density at radius 1 is 1.19 bits per heavy atom. The first-order valence-electron chi connectivity index (χ1n) is 7.80. The van der Waals surface area contributed by atoms with Crippen LogP contribution in [0.2, 0.25) is 0 Å². The second-order valence-corrected chi connectivity index (χ2v) is 7.61. The Morgan fingerprint density at radius 3 is 2.48 bits per heavy atom. The van der Waals surface area contributed by atoms with Crippen LogP contribution in [0, 0.1) is 13.8 Å². The van der Waals surface area contributed by atoms with Gasteiger partial charge < -0.3 is 13.9 Å². The van der Waals surface area contributed by atoms with Crippen molar-refractivity contribution in [2.75, 3.05) is 4.61 Å². The minimum absolute atomic E-state index is 0.144. The van der Waals surface area contributed by atoms with Crippen molar-refractivity contribution in [3.05, 3.63) is 57.1 Å². The predicted octanol–water partition coefficient (Wildman–Crippen LogP) is 5.87. The van der Waals surface area contributed by atoms with E-state index in [0.29, 0.717) is 26.6 Å². The first-order valence-corrected chi connectivity index (χ1v) is 10.6. The van der Waals surface area contributed by atoms with Gasteiger partial charge in [0.05, 0.1) is 15.4 Å². The number of benzene rings is 2. The van der Waals surface area contributed by atoms with Crippen molar-refractivity contribution in [1.82, 2.24) is 0 Å². The molecular weight excluding hydrogens is 547 g/mol. The fraction of sp³-hybridized carbons (Fsp3) is 0.158. The minimum Gasteiger partial charge on any atom is -0.451 e. The Labute approximate surface area is 183 Å². The molecule has 3 rings (SSSR count). The monoisotopic (exact) mass is 560 g/mol. The Morgan fingerprint density at radius 2 is 1.85 bits per heavy atom. The van der Waals surface area contributed by atoms with E-state index in [-0.39, 0.29) is 21.0 Å². The van der Waals surface area contributed by atoms with Crippen LogP contribution < -0.4 is 4.74 Å². The zero-order valence-corrected chi connectivity index (χ0v) is 19.0. The van der Waals surface area contributed by atoms with Crippen LogP contribution in [-0.4, -0.2) is 16.6 Å². The fourth-order valence-electron chi connectivity index (χ4n) is 2.59. The molecule has 0 radical (unpaired) electrons. The molecule has 0 spiro atoms. The molecule has 8 heteroatoms. The van der Waals surface area contributed by atoms with Gasteiger partial charge in [-0.1, -0.05) is 17.7 Å². The van der Waals surface area contributed by atoms with Crippen LogP contribution in [0.25, 0.3) is 11.0 Å². The van der Waals surface area contributed by atoms with Gasteiger partial charge in [-0.05, 0) is 76.1 Å². The number of alkyl halides is 1. The van der Waals surface area contributed by atoms with Gasteiger partial charge in [-0.25, -0.2) is 9.59 Å². The second-order valence-electron chi connectivity index (χ2n) is 5.79. The normalized spacial score (nSPS) is 10.9. The predicted molar refractivity (Wildman–Crippen MR) is 116 cm³/mol. The number of aryl methyl sites for hydroxylation is 2. The molecule has 0 amide bonds. The molecule has 0 aliphatic heterocycles. The second kappa shape index (κ2) is 8.24. The van der Waals surface area contributed by atoms with Gasteiger partial charge in [0, 0.05) is 0 Å². The third-order valence-electron chi connectivity index (χ3n) is 3.91. The van der Waals surface area contributed by atoms with Gasteiger partial charge in [0.15, 0.2) is 5.09 Å². The van der Waals surface area contributed by atoms with E-state index in [9.17, 15) is 9.59 Å². The van der Waals surface area contributed by atoms with E-state index < -0.39 is 11.9 Å². The molecule has 140 valence electrons. The zero-order valence-electron chi connectivity index (χ0n) is 14.3. The zero-order chi connectivity index (χ0) is 19.7. The van der Waals surface area contributed by atoms with Crippen molar-refractivity contribution in [3.8, 4) is 5.75 Å². The summed E-state index contributed by atoms with van der Waals surface area (Å²) in [5, 5.41) is 0.604. The maximum absolute atomic E-state index is 12.5. The average Bonchev–Trinajstić information content (AvgIpc) is 2.98. The minimum atomic E-state index is -0.560. The third-order valence-corrected chi connectivity index (χ3v) is 5.32. The molecule has 0 unspecified atom stereocenters. The lowest BCUT2D eigenvalue weighted by Crippen LogP contribution is -2.09. The topological polar surface area (TPSA) is 65.7 Å². The maximum atomic E-state index is 12.5. The molecule has 27 heavy (non-hydrogen) atoms. The van der Waals surface area contributed by atoms with Crippen molar-refractivity contribution in [3.63, 3.8) is 0 Å². The van der Waals surface area contributed by atoms with Gasteiger partial charge in [-0.3, -0.25) is 0 Å². The standard InChI is InChI=1S/C19H14BrIO5S/c1-9-3-5-11(6-4-9)17(22)25-12-7-10(2)16-13(15(12)20)14(19(27)26-16)18(23)24-8-21/h3-7,27H,8H2,1-2H3. The number of esters is 2. The molecular formula is C19H14BrIO5S. The van der Waals surface area contributed by atoms with Crippen LogP contribution in [-0.2, 0) is 4.74 Å². The highest BCUT2D eigenvalue weighted by Crippen LogP contribution is 2.41. The molecule has 0 aliphatic carbocycles. The summed E-state index contributed by atoms with van der Waals surface area (Å²) in [5.74, 6) is -0.779. The number of hydrogen-bond donors (Lipinski definition) is 1. The molecule has 0 aliphatic rings. The third kappa shape index (κ3) is 4.02. The number of furan rings is 1. The maximum Gasteiger partial charge on any atom is 0.344 e. The molecule has 0 N–H and O–H groups in total. The summed E-state index contributed by atoms with van der Waals surface area (Å²) in [5.41, 5.74) is 2.83. The van der Waals surface area contributed by atoms with Crippen molar-refractivity contribution >= 4 is 74.1 Å². The number of fused-ring (bicyclic) bond motifs is 1. The molecule has 0 saturated heterocycles. The van der Waals surface area contributed by atoms with Crippen LogP contribution in [0.4, 0.5) is 0 Å². The Kier molecular flexibility index (Phi) is 6.17.